The summed E-state index contributed by atoms with van der Waals surface area (Å²) in [4.78, 5) is 22.5. The highest BCUT2D eigenvalue weighted by atomic mass is 32.2. The molecule has 2 aromatic carbocycles. The summed E-state index contributed by atoms with van der Waals surface area (Å²) in [6.07, 6.45) is 3.27. The van der Waals surface area contributed by atoms with Crippen LogP contribution in [0.5, 0.6) is 0 Å². The maximum absolute atomic E-state index is 13.1. The Kier molecular flexibility index (Phi) is 6.39. The highest BCUT2D eigenvalue weighted by molar-refractivity contribution is 7.92. The number of fused-ring (bicyclic) bond motifs is 1. The van der Waals surface area contributed by atoms with Crippen LogP contribution in [-0.4, -0.2) is 44.3 Å². The molecule has 0 N–H and O–H groups in total. The van der Waals surface area contributed by atoms with E-state index in [4.69, 9.17) is 4.98 Å². The van der Waals surface area contributed by atoms with Gasteiger partial charge in [0.05, 0.1) is 18.4 Å². The van der Waals surface area contributed by atoms with Crippen LogP contribution in [0, 0.1) is 0 Å². The van der Waals surface area contributed by atoms with Crippen LogP contribution in [0.3, 0.4) is 0 Å². The molecule has 0 radical (unpaired) electrons. The van der Waals surface area contributed by atoms with Gasteiger partial charge in [-0.3, -0.25) is 18.1 Å². The molecular weight excluding hydrogens is 502 g/mol. The van der Waals surface area contributed by atoms with Gasteiger partial charge in [0.2, 0.25) is 0 Å². The van der Waals surface area contributed by atoms with Crippen LogP contribution in [-0.2, 0) is 30.7 Å². The maximum Gasteiger partial charge on any atom is 0.330 e. The first-order valence-corrected chi connectivity index (χ1v) is 13.6. The van der Waals surface area contributed by atoms with Gasteiger partial charge in [0.15, 0.2) is 16.5 Å². The summed E-state index contributed by atoms with van der Waals surface area (Å²) >= 11 is 0. The van der Waals surface area contributed by atoms with Crippen molar-refractivity contribution in [2.75, 3.05) is 11.4 Å². The molecular formula is C27H29N7O3S. The second kappa shape index (κ2) is 9.56. The van der Waals surface area contributed by atoms with Crippen LogP contribution in [0.1, 0.15) is 30.9 Å². The van der Waals surface area contributed by atoms with E-state index in [1.165, 1.54) is 26.7 Å². The number of hydrogen-bond acceptors (Lipinski definition) is 6. The number of aryl methyl sites for hydroxylation is 2. The number of benzene rings is 2. The molecule has 0 aliphatic rings. The molecule has 0 unspecified atom stereocenters. The molecule has 5 rings (SSSR count). The Bertz CT molecular complexity index is 1800. The molecule has 196 valence electrons. The maximum atomic E-state index is 13.1. The largest absolute Gasteiger partial charge is 0.330 e. The fourth-order valence-electron chi connectivity index (χ4n) is 4.46. The van der Waals surface area contributed by atoms with Crippen molar-refractivity contribution in [1.29, 1.82) is 0 Å². The Hall–Kier alpha value is -4.25. The predicted octanol–water partition coefficient (Wildman–Crippen LogP) is 3.53. The van der Waals surface area contributed by atoms with Crippen molar-refractivity contribution in [1.82, 2.24) is 28.9 Å². The summed E-state index contributed by atoms with van der Waals surface area (Å²) in [7, 11) is 1.07. The van der Waals surface area contributed by atoms with Gasteiger partial charge in [-0.2, -0.15) is 13.5 Å². The molecule has 11 heteroatoms. The molecule has 5 aromatic rings. The Morgan fingerprint density at radius 2 is 1.71 bits per heavy atom. The zero-order valence-corrected chi connectivity index (χ0v) is 22.7. The van der Waals surface area contributed by atoms with Crippen molar-refractivity contribution in [3.05, 3.63) is 88.6 Å². The zero-order valence-electron chi connectivity index (χ0n) is 21.9. The van der Waals surface area contributed by atoms with Gasteiger partial charge in [0, 0.05) is 32.9 Å². The fourth-order valence-corrected chi connectivity index (χ4v) is 5.60. The van der Waals surface area contributed by atoms with Crippen molar-refractivity contribution in [3.63, 3.8) is 0 Å². The topological polar surface area (TPSA) is 108 Å². The van der Waals surface area contributed by atoms with E-state index >= 15 is 0 Å². The number of imidazole rings is 1. The minimum absolute atomic E-state index is 0.0246. The Labute approximate surface area is 220 Å². The fraction of sp³-hybridized carbons (Fsp3) is 0.259. The van der Waals surface area contributed by atoms with Gasteiger partial charge >= 0.3 is 5.69 Å². The smallest absolute Gasteiger partial charge is 0.292 e. The Morgan fingerprint density at radius 1 is 1.00 bits per heavy atom. The Balaban J connectivity index is 1.48. The number of rotatable bonds is 7. The van der Waals surface area contributed by atoms with E-state index in [0.717, 1.165) is 16.7 Å². The highest BCUT2D eigenvalue weighted by Gasteiger charge is 2.24. The van der Waals surface area contributed by atoms with Crippen LogP contribution in [0.15, 0.2) is 76.8 Å². The van der Waals surface area contributed by atoms with Crippen LogP contribution in [0.2, 0.25) is 0 Å². The molecule has 3 heterocycles. The lowest BCUT2D eigenvalue weighted by atomic mass is 9.97. The molecule has 10 nitrogen and oxygen atoms in total. The third kappa shape index (κ3) is 4.38. The zero-order chi connectivity index (χ0) is 27.2. The number of nitrogens with zero attached hydrogens (tertiary/aromatic N) is 7. The van der Waals surface area contributed by atoms with Gasteiger partial charge in [-0.25, -0.2) is 14.8 Å². The molecule has 0 bridgehead atoms. The van der Waals surface area contributed by atoms with Crippen molar-refractivity contribution in [3.8, 4) is 11.4 Å². The quantitative estimate of drug-likeness (QED) is 0.318. The second-order valence-corrected chi connectivity index (χ2v) is 11.5. The summed E-state index contributed by atoms with van der Waals surface area (Å²) in [5, 5.41) is 4.00. The molecule has 38 heavy (non-hydrogen) atoms. The van der Waals surface area contributed by atoms with Gasteiger partial charge in [-0.15, -0.1) is 0 Å². The van der Waals surface area contributed by atoms with Crippen LogP contribution >= 0.6 is 0 Å². The molecule has 0 saturated carbocycles. The SMILES string of the molecule is CC(C)c1ccccc1-c1ncc2c(n1)n(Cc1ccc(N(C)S(=O)(=O)c3ccn(C)n3)cc1)c(=O)n2C. The van der Waals surface area contributed by atoms with Crippen molar-refractivity contribution >= 4 is 26.9 Å². The Morgan fingerprint density at radius 3 is 2.37 bits per heavy atom. The van der Waals surface area contributed by atoms with Gasteiger partial charge in [0.25, 0.3) is 10.0 Å². The third-order valence-electron chi connectivity index (χ3n) is 6.66. The molecule has 0 aliphatic carbocycles. The first-order chi connectivity index (χ1) is 18.1. The minimum atomic E-state index is -3.79. The number of sulfonamides is 1. The molecule has 0 spiro atoms. The van der Waals surface area contributed by atoms with Crippen LogP contribution in [0.25, 0.3) is 22.6 Å². The first-order valence-electron chi connectivity index (χ1n) is 12.2. The van der Waals surface area contributed by atoms with E-state index in [1.807, 2.05) is 18.2 Å². The monoisotopic (exact) mass is 531 g/mol. The van der Waals surface area contributed by atoms with Crippen molar-refractivity contribution in [2.24, 2.45) is 14.1 Å². The summed E-state index contributed by atoms with van der Waals surface area (Å²) < 4.78 is 31.6. The molecule has 0 atom stereocenters. The molecule has 0 saturated heterocycles. The highest BCUT2D eigenvalue weighted by Crippen LogP contribution is 2.28. The lowest BCUT2D eigenvalue weighted by molar-refractivity contribution is 0.586. The van der Waals surface area contributed by atoms with Gasteiger partial charge < -0.3 is 0 Å². The summed E-state index contributed by atoms with van der Waals surface area (Å²) in [5.41, 5.74) is 4.36. The average Bonchev–Trinajstić information content (AvgIpc) is 3.46. The van der Waals surface area contributed by atoms with Crippen LogP contribution < -0.4 is 9.99 Å². The van der Waals surface area contributed by atoms with E-state index in [1.54, 1.807) is 55.3 Å². The summed E-state index contributed by atoms with van der Waals surface area (Å²) in [6.45, 7) is 4.52. The van der Waals surface area contributed by atoms with Crippen LogP contribution in [0.4, 0.5) is 5.69 Å². The van der Waals surface area contributed by atoms with E-state index in [9.17, 15) is 13.2 Å². The molecule has 0 fully saturated rings. The van der Waals surface area contributed by atoms with Gasteiger partial charge in [-0.05, 0) is 35.2 Å². The van der Waals surface area contributed by atoms with E-state index in [-0.39, 0.29) is 17.3 Å². The molecule has 0 amide bonds. The first kappa shape index (κ1) is 25.4. The summed E-state index contributed by atoms with van der Waals surface area (Å²) in [5.74, 6) is 0.861. The molecule has 3 aromatic heterocycles. The lowest BCUT2D eigenvalue weighted by Gasteiger charge is -2.18. The van der Waals surface area contributed by atoms with Crippen molar-refractivity contribution in [2.45, 2.75) is 31.3 Å². The number of aromatic nitrogens is 6. The average molecular weight is 532 g/mol. The standard InChI is InChI=1S/C27H29N7O3S/c1-18(2)21-8-6-7-9-22(21)25-28-16-23-26(29-25)34(27(35)32(23)4)17-19-10-12-20(13-11-19)33(5)38(36,37)24-14-15-31(3)30-24/h6-16,18H,17H2,1-5H3. The second-order valence-electron chi connectivity index (χ2n) is 9.54. The number of hydrogen-bond donors (Lipinski definition) is 0. The van der Waals surface area contributed by atoms with E-state index in [0.29, 0.717) is 28.6 Å². The number of anilines is 1. The predicted molar refractivity (Wildman–Crippen MR) is 147 cm³/mol. The van der Waals surface area contributed by atoms with Crippen molar-refractivity contribution < 1.29 is 8.42 Å². The van der Waals surface area contributed by atoms with Gasteiger partial charge in [-0.1, -0.05) is 50.2 Å². The lowest BCUT2D eigenvalue weighted by Crippen LogP contribution is -2.27. The van der Waals surface area contributed by atoms with E-state index in [2.05, 4.69) is 30.0 Å². The minimum Gasteiger partial charge on any atom is -0.292 e. The van der Waals surface area contributed by atoms with E-state index < -0.39 is 10.0 Å². The van der Waals surface area contributed by atoms with Gasteiger partial charge in [0.1, 0.15) is 5.52 Å². The summed E-state index contributed by atoms with van der Waals surface area (Å²) in [6, 6.07) is 16.5. The third-order valence-corrected chi connectivity index (χ3v) is 8.34. The molecule has 0 aliphatic heterocycles. The normalized spacial score (nSPS) is 11.9.